The van der Waals surface area contributed by atoms with Crippen molar-refractivity contribution in [2.24, 2.45) is 5.92 Å². The van der Waals surface area contributed by atoms with Crippen LogP contribution in [0.25, 0.3) is 10.9 Å². The summed E-state index contributed by atoms with van der Waals surface area (Å²) >= 11 is 0. The molecule has 3 aromatic rings. The lowest BCUT2D eigenvalue weighted by Crippen LogP contribution is -2.54. The number of nitriles is 1. The first-order valence-corrected chi connectivity index (χ1v) is 14.0. The summed E-state index contributed by atoms with van der Waals surface area (Å²) in [5.41, 5.74) is 0.169. The lowest BCUT2D eigenvalue weighted by atomic mass is 9.90. The molecule has 41 heavy (non-hydrogen) atoms. The molecular weight excluding hydrogens is 527 g/mol. The van der Waals surface area contributed by atoms with Crippen LogP contribution in [0.1, 0.15) is 74.3 Å². The molecule has 0 spiro atoms. The van der Waals surface area contributed by atoms with Crippen molar-refractivity contribution < 1.29 is 14.0 Å². The van der Waals surface area contributed by atoms with E-state index in [9.17, 15) is 23.6 Å². The number of halogens is 1. The fourth-order valence-corrected chi connectivity index (χ4v) is 5.50. The first kappa shape index (κ1) is 28.1. The van der Waals surface area contributed by atoms with E-state index in [0.29, 0.717) is 41.8 Å². The highest BCUT2D eigenvalue weighted by molar-refractivity contribution is 5.98. The molecule has 0 aliphatic heterocycles. The molecule has 0 bridgehead atoms. The Morgan fingerprint density at radius 2 is 1.73 bits per heavy atom. The zero-order valence-corrected chi connectivity index (χ0v) is 23.1. The highest BCUT2D eigenvalue weighted by atomic mass is 19.1. The van der Waals surface area contributed by atoms with Crippen molar-refractivity contribution in [2.75, 3.05) is 5.32 Å². The van der Waals surface area contributed by atoms with Gasteiger partial charge in [-0.3, -0.25) is 18.7 Å². The third kappa shape index (κ3) is 6.01. The van der Waals surface area contributed by atoms with Crippen molar-refractivity contribution in [3.05, 3.63) is 74.2 Å². The lowest BCUT2D eigenvalue weighted by Gasteiger charge is -2.32. The molecule has 1 heterocycles. The second-order valence-electron chi connectivity index (χ2n) is 11.2. The minimum absolute atomic E-state index is 0.169. The van der Waals surface area contributed by atoms with E-state index >= 15 is 0 Å². The maximum Gasteiger partial charge on any atom is 0.331 e. The summed E-state index contributed by atoms with van der Waals surface area (Å²) in [6.45, 7) is 4.15. The van der Waals surface area contributed by atoms with Gasteiger partial charge in [0.15, 0.2) is 0 Å². The molecule has 2 fully saturated rings. The number of rotatable bonds is 7. The van der Waals surface area contributed by atoms with E-state index in [-0.39, 0.29) is 41.0 Å². The SMILES string of the molecule is CC(C)n1c(=O)n(CC2CC2)c(=O)c2cc(C(=O)N[C@@H]3CCCC[C@H]3NC(=O)Nc3ccc(F)c(C#N)c3)ccc21. The van der Waals surface area contributed by atoms with Crippen LogP contribution in [-0.2, 0) is 6.54 Å². The molecule has 2 atom stereocenters. The molecule has 0 unspecified atom stereocenters. The zero-order chi connectivity index (χ0) is 29.3. The van der Waals surface area contributed by atoms with Crippen LogP contribution in [0.15, 0.2) is 46.0 Å². The average molecular weight is 561 g/mol. The maximum atomic E-state index is 13.6. The maximum absolute atomic E-state index is 13.6. The largest absolute Gasteiger partial charge is 0.347 e. The van der Waals surface area contributed by atoms with Crippen LogP contribution in [0.5, 0.6) is 0 Å². The standard InChI is InChI=1S/C30H33FN6O4/c1-17(2)37-26-12-9-19(14-22(26)28(39)36(30(37)41)16-18-7-8-18)27(38)34-24-5-3-4-6-25(24)35-29(40)33-21-10-11-23(31)20(13-21)15-32/h9-14,17-18,24-25H,3-8,16H2,1-2H3,(H,34,38)(H2,33,35,40)/t24-,25-/m1/s1. The van der Waals surface area contributed by atoms with Gasteiger partial charge in [0.2, 0.25) is 0 Å². The van der Waals surface area contributed by atoms with Gasteiger partial charge in [0.25, 0.3) is 11.5 Å². The number of amides is 3. The van der Waals surface area contributed by atoms with Gasteiger partial charge in [-0.1, -0.05) is 12.8 Å². The third-order valence-corrected chi connectivity index (χ3v) is 7.83. The Morgan fingerprint density at radius 1 is 1.02 bits per heavy atom. The van der Waals surface area contributed by atoms with Crippen LogP contribution in [0.4, 0.5) is 14.9 Å². The molecule has 3 amide bonds. The van der Waals surface area contributed by atoms with Crippen molar-refractivity contribution in [3.8, 4) is 6.07 Å². The molecule has 2 aliphatic rings. The molecule has 0 saturated heterocycles. The minimum Gasteiger partial charge on any atom is -0.347 e. The Hall–Kier alpha value is -4.46. The molecular formula is C30H33FN6O4. The quantitative estimate of drug-likeness (QED) is 0.401. The van der Waals surface area contributed by atoms with Gasteiger partial charge >= 0.3 is 11.7 Å². The molecule has 2 aromatic carbocycles. The van der Waals surface area contributed by atoms with E-state index in [0.717, 1.165) is 31.7 Å². The van der Waals surface area contributed by atoms with E-state index in [1.807, 2.05) is 13.8 Å². The fourth-order valence-electron chi connectivity index (χ4n) is 5.50. The van der Waals surface area contributed by atoms with Gasteiger partial charge in [0, 0.05) is 29.9 Å². The monoisotopic (exact) mass is 560 g/mol. The first-order chi connectivity index (χ1) is 19.7. The summed E-state index contributed by atoms with van der Waals surface area (Å²) in [4.78, 5) is 52.6. The van der Waals surface area contributed by atoms with E-state index in [1.165, 1.54) is 16.7 Å². The highest BCUT2D eigenvalue weighted by Gasteiger charge is 2.29. The van der Waals surface area contributed by atoms with Crippen LogP contribution < -0.4 is 27.2 Å². The summed E-state index contributed by atoms with van der Waals surface area (Å²) in [5.74, 6) is -0.718. The van der Waals surface area contributed by atoms with Crippen molar-refractivity contribution in [3.63, 3.8) is 0 Å². The number of hydrogen-bond acceptors (Lipinski definition) is 5. The van der Waals surface area contributed by atoms with Gasteiger partial charge in [0.1, 0.15) is 11.9 Å². The van der Waals surface area contributed by atoms with Gasteiger partial charge in [0.05, 0.1) is 22.5 Å². The van der Waals surface area contributed by atoms with Crippen LogP contribution >= 0.6 is 0 Å². The molecule has 5 rings (SSSR count). The Kier molecular flexibility index (Phi) is 7.92. The molecule has 2 aliphatic carbocycles. The smallest absolute Gasteiger partial charge is 0.331 e. The summed E-state index contributed by atoms with van der Waals surface area (Å²) in [6, 6.07) is 8.89. The van der Waals surface area contributed by atoms with Crippen molar-refractivity contribution in [1.29, 1.82) is 5.26 Å². The number of nitrogens with one attached hydrogen (secondary N) is 3. The van der Waals surface area contributed by atoms with E-state index in [1.54, 1.807) is 28.8 Å². The molecule has 214 valence electrons. The van der Waals surface area contributed by atoms with Gasteiger partial charge in [-0.2, -0.15) is 5.26 Å². The second kappa shape index (κ2) is 11.6. The number of nitrogens with zero attached hydrogens (tertiary/aromatic N) is 3. The Balaban J connectivity index is 1.34. The molecule has 11 heteroatoms. The van der Waals surface area contributed by atoms with Gasteiger partial charge in [-0.25, -0.2) is 14.0 Å². The Morgan fingerprint density at radius 3 is 2.39 bits per heavy atom. The Labute approximate surface area is 236 Å². The summed E-state index contributed by atoms with van der Waals surface area (Å²) in [7, 11) is 0. The van der Waals surface area contributed by atoms with Gasteiger partial charge < -0.3 is 16.0 Å². The summed E-state index contributed by atoms with van der Waals surface area (Å²) < 4.78 is 16.5. The normalized spacial score (nSPS) is 18.6. The number of aromatic nitrogens is 2. The van der Waals surface area contributed by atoms with Crippen molar-refractivity contribution in [2.45, 2.75) is 77.0 Å². The molecule has 2 saturated carbocycles. The predicted molar refractivity (Wildman–Crippen MR) is 152 cm³/mol. The molecule has 1 aromatic heterocycles. The molecule has 10 nitrogen and oxygen atoms in total. The third-order valence-electron chi connectivity index (χ3n) is 7.83. The highest BCUT2D eigenvalue weighted by Crippen LogP contribution is 2.30. The lowest BCUT2D eigenvalue weighted by molar-refractivity contribution is 0.0916. The van der Waals surface area contributed by atoms with E-state index < -0.39 is 17.4 Å². The van der Waals surface area contributed by atoms with E-state index in [4.69, 9.17) is 5.26 Å². The van der Waals surface area contributed by atoms with Crippen LogP contribution in [-0.4, -0.2) is 33.2 Å². The number of urea groups is 1. The van der Waals surface area contributed by atoms with Crippen LogP contribution in [0.3, 0.4) is 0 Å². The van der Waals surface area contributed by atoms with Crippen LogP contribution in [0, 0.1) is 23.1 Å². The Bertz CT molecular complexity index is 1670. The summed E-state index contributed by atoms with van der Waals surface area (Å²) in [6.07, 6.45) is 5.03. The van der Waals surface area contributed by atoms with Gasteiger partial charge in [-0.15, -0.1) is 0 Å². The number of anilines is 1. The zero-order valence-electron chi connectivity index (χ0n) is 23.1. The first-order valence-electron chi connectivity index (χ1n) is 14.0. The van der Waals surface area contributed by atoms with Crippen LogP contribution in [0.2, 0.25) is 0 Å². The molecule has 0 radical (unpaired) electrons. The van der Waals surface area contributed by atoms with Crippen molar-refractivity contribution >= 4 is 28.5 Å². The minimum atomic E-state index is -0.670. The predicted octanol–water partition coefficient (Wildman–Crippen LogP) is 4.03. The second-order valence-corrected chi connectivity index (χ2v) is 11.2. The van der Waals surface area contributed by atoms with Gasteiger partial charge in [-0.05, 0) is 81.8 Å². The fraction of sp³-hybridized carbons (Fsp3) is 0.433. The number of fused-ring (bicyclic) bond motifs is 1. The number of hydrogen-bond donors (Lipinski definition) is 3. The molecule has 3 N–H and O–H groups in total. The summed E-state index contributed by atoms with van der Waals surface area (Å²) in [5, 5.41) is 17.9. The van der Waals surface area contributed by atoms with E-state index in [2.05, 4.69) is 16.0 Å². The number of benzene rings is 2. The topological polar surface area (TPSA) is 138 Å². The van der Waals surface area contributed by atoms with Crippen molar-refractivity contribution in [1.82, 2.24) is 19.8 Å². The number of carbonyl (C=O) groups excluding carboxylic acids is 2. The average Bonchev–Trinajstić information content (AvgIpc) is 3.77. The number of carbonyl (C=O) groups is 2.